The van der Waals surface area contributed by atoms with Crippen LogP contribution >= 0.6 is 11.8 Å². The molecule has 2 amide bonds. The lowest BCUT2D eigenvalue weighted by Crippen LogP contribution is -2.31. The van der Waals surface area contributed by atoms with Crippen molar-refractivity contribution in [2.24, 2.45) is 0 Å². The minimum atomic E-state index is -0.710. The third-order valence-electron chi connectivity index (χ3n) is 6.33. The molecule has 1 saturated heterocycles. The second-order valence-electron chi connectivity index (χ2n) is 8.75. The van der Waals surface area contributed by atoms with Gasteiger partial charge in [0.2, 0.25) is 11.8 Å². The summed E-state index contributed by atoms with van der Waals surface area (Å²) in [5, 5.41) is 9.91. The number of carbonyl (C=O) groups excluding carboxylic acids is 2. The van der Waals surface area contributed by atoms with Crippen LogP contribution in [-0.4, -0.2) is 35.8 Å². The van der Waals surface area contributed by atoms with Gasteiger partial charge >= 0.3 is 0 Å². The van der Waals surface area contributed by atoms with Crippen molar-refractivity contribution in [2.75, 3.05) is 18.6 Å². The van der Waals surface area contributed by atoms with Gasteiger partial charge in [-0.05, 0) is 55.0 Å². The predicted molar refractivity (Wildman–Crippen MR) is 151 cm³/mol. The largest absolute Gasteiger partial charge is 0.497 e. The molecule has 0 unspecified atom stereocenters. The van der Waals surface area contributed by atoms with Crippen molar-refractivity contribution < 1.29 is 19.1 Å². The van der Waals surface area contributed by atoms with Crippen LogP contribution in [0.15, 0.2) is 90.0 Å². The molecule has 1 aromatic heterocycles. The van der Waals surface area contributed by atoms with Crippen LogP contribution in [0.2, 0.25) is 0 Å². The van der Waals surface area contributed by atoms with E-state index in [9.17, 15) is 14.9 Å². The first kappa shape index (κ1) is 26.0. The number of hydrogen-bond donors (Lipinski definition) is 0. The summed E-state index contributed by atoms with van der Waals surface area (Å²) < 4.78 is 10.8. The van der Waals surface area contributed by atoms with Crippen LogP contribution in [0.3, 0.4) is 0 Å². The van der Waals surface area contributed by atoms with Gasteiger partial charge in [0.05, 0.1) is 35.9 Å². The molecule has 194 valence electrons. The number of anilines is 1. The van der Waals surface area contributed by atoms with Crippen molar-refractivity contribution in [2.45, 2.75) is 23.6 Å². The van der Waals surface area contributed by atoms with Crippen LogP contribution in [0.1, 0.15) is 18.9 Å². The van der Waals surface area contributed by atoms with E-state index in [-0.39, 0.29) is 18.2 Å². The number of nitrogens with zero attached hydrogens (tertiary/aromatic N) is 3. The van der Waals surface area contributed by atoms with E-state index in [0.29, 0.717) is 45.6 Å². The number of methoxy groups -OCH3 is 1. The lowest BCUT2D eigenvalue weighted by Gasteiger charge is -2.17. The number of benzene rings is 3. The van der Waals surface area contributed by atoms with Gasteiger partial charge in [0, 0.05) is 17.5 Å². The van der Waals surface area contributed by atoms with E-state index < -0.39 is 5.25 Å². The highest BCUT2D eigenvalue weighted by Gasteiger charge is 2.41. The molecular formula is C31H25N3O4S. The van der Waals surface area contributed by atoms with Crippen LogP contribution in [0.4, 0.5) is 5.69 Å². The third kappa shape index (κ3) is 5.35. The Labute approximate surface area is 231 Å². The molecule has 0 saturated carbocycles. The van der Waals surface area contributed by atoms with Crippen molar-refractivity contribution in [1.29, 1.82) is 5.26 Å². The molecule has 4 aromatic rings. The number of nitriles is 1. The fourth-order valence-electron chi connectivity index (χ4n) is 4.43. The number of rotatable bonds is 8. The number of aromatic nitrogens is 1. The Kier molecular flexibility index (Phi) is 7.62. The van der Waals surface area contributed by atoms with Gasteiger partial charge in [-0.25, -0.2) is 9.88 Å². The minimum Gasteiger partial charge on any atom is -0.497 e. The average Bonchev–Trinajstić information content (AvgIpc) is 3.25. The van der Waals surface area contributed by atoms with Crippen LogP contribution in [0.5, 0.6) is 11.5 Å². The number of ether oxygens (including phenoxy) is 2. The summed E-state index contributed by atoms with van der Waals surface area (Å²) in [6, 6.07) is 28.1. The molecule has 0 aliphatic carbocycles. The zero-order chi connectivity index (χ0) is 27.4. The Morgan fingerprint density at radius 2 is 1.67 bits per heavy atom. The molecule has 8 heteroatoms. The lowest BCUT2D eigenvalue weighted by molar-refractivity contribution is -0.121. The van der Waals surface area contributed by atoms with Crippen molar-refractivity contribution in [3.63, 3.8) is 0 Å². The maximum Gasteiger partial charge on any atom is 0.247 e. The fraction of sp³-hybridized carbons (Fsp3) is 0.161. The van der Waals surface area contributed by atoms with Gasteiger partial charge in [0.1, 0.15) is 22.6 Å². The molecule has 39 heavy (non-hydrogen) atoms. The van der Waals surface area contributed by atoms with E-state index in [0.717, 1.165) is 22.9 Å². The second-order valence-corrected chi connectivity index (χ2v) is 9.94. The van der Waals surface area contributed by atoms with E-state index in [1.807, 2.05) is 67.6 Å². The molecule has 1 atom stereocenters. The number of pyridine rings is 1. The minimum absolute atomic E-state index is 0.0106. The summed E-state index contributed by atoms with van der Waals surface area (Å²) in [5.74, 6) is 0.734. The van der Waals surface area contributed by atoms with Crippen LogP contribution in [-0.2, 0) is 9.59 Å². The maximum atomic E-state index is 13.4. The summed E-state index contributed by atoms with van der Waals surface area (Å²) >= 11 is 1.15. The van der Waals surface area contributed by atoms with E-state index in [2.05, 4.69) is 6.07 Å². The maximum absolute atomic E-state index is 13.4. The van der Waals surface area contributed by atoms with Crippen LogP contribution in [0.25, 0.3) is 22.4 Å². The molecule has 0 bridgehead atoms. The quantitative estimate of drug-likeness (QED) is 0.251. The number of thioether (sulfide) groups is 1. The van der Waals surface area contributed by atoms with Crippen LogP contribution in [0, 0.1) is 11.3 Å². The van der Waals surface area contributed by atoms with Gasteiger partial charge in [-0.15, -0.1) is 0 Å². The molecule has 0 radical (unpaired) electrons. The first-order chi connectivity index (χ1) is 19.0. The predicted octanol–water partition coefficient (Wildman–Crippen LogP) is 6.12. The highest BCUT2D eigenvalue weighted by molar-refractivity contribution is 8.00. The van der Waals surface area contributed by atoms with E-state index in [1.165, 1.54) is 4.90 Å². The summed E-state index contributed by atoms with van der Waals surface area (Å²) in [4.78, 5) is 32.4. The Hall–Kier alpha value is -4.61. The highest BCUT2D eigenvalue weighted by Crippen LogP contribution is 2.39. The first-order valence-electron chi connectivity index (χ1n) is 12.4. The molecule has 5 rings (SSSR count). The first-order valence-corrected chi connectivity index (χ1v) is 13.3. The van der Waals surface area contributed by atoms with Crippen molar-refractivity contribution in [3.8, 4) is 40.0 Å². The third-order valence-corrected chi connectivity index (χ3v) is 7.51. The summed E-state index contributed by atoms with van der Waals surface area (Å²) in [6.45, 7) is 2.41. The molecule has 7 nitrogen and oxygen atoms in total. The number of carbonyl (C=O) groups is 2. The summed E-state index contributed by atoms with van der Waals surface area (Å²) in [7, 11) is 1.60. The van der Waals surface area contributed by atoms with Gasteiger partial charge in [0.15, 0.2) is 0 Å². The van der Waals surface area contributed by atoms with E-state index in [4.69, 9.17) is 14.5 Å². The highest BCUT2D eigenvalue weighted by atomic mass is 32.2. The van der Waals surface area contributed by atoms with E-state index >= 15 is 0 Å². The Morgan fingerprint density at radius 1 is 0.974 bits per heavy atom. The summed E-state index contributed by atoms with van der Waals surface area (Å²) in [6.07, 6.45) is 0.0106. The average molecular weight is 536 g/mol. The topological polar surface area (TPSA) is 92.5 Å². The molecule has 0 N–H and O–H groups in total. The Morgan fingerprint density at radius 3 is 2.31 bits per heavy atom. The van der Waals surface area contributed by atoms with Gasteiger partial charge in [-0.2, -0.15) is 5.26 Å². The van der Waals surface area contributed by atoms with Gasteiger partial charge in [0.25, 0.3) is 0 Å². The smallest absolute Gasteiger partial charge is 0.247 e. The van der Waals surface area contributed by atoms with Crippen molar-refractivity contribution >= 4 is 29.3 Å². The molecule has 1 aliphatic rings. The molecule has 1 aliphatic heterocycles. The normalized spacial score (nSPS) is 14.8. The summed E-state index contributed by atoms with van der Waals surface area (Å²) in [5.41, 5.74) is 3.90. The number of hydrogen-bond acceptors (Lipinski definition) is 7. The SMILES string of the molecule is CCOc1ccc(N2C(=O)C[C@H](Sc3nc(-c4ccccc4)cc(-c4ccc(OC)cc4)c3C#N)C2=O)cc1. The molecule has 1 fully saturated rings. The zero-order valence-electron chi connectivity index (χ0n) is 21.5. The van der Waals surface area contributed by atoms with Gasteiger partial charge in [-0.1, -0.05) is 54.2 Å². The molecule has 0 spiro atoms. The Bertz CT molecular complexity index is 1550. The monoisotopic (exact) mass is 535 g/mol. The van der Waals surface area contributed by atoms with Crippen LogP contribution < -0.4 is 14.4 Å². The Balaban J connectivity index is 1.52. The molecule has 3 aromatic carbocycles. The standard InChI is InChI=1S/C31H25N3O4S/c1-3-38-24-15-11-22(12-16-24)34-29(35)18-28(31(34)36)39-30-26(19-32)25(20-9-13-23(37-2)14-10-20)17-27(33-30)21-7-5-4-6-8-21/h4-17,28H,3,18H2,1-2H3/t28-/m0/s1. The number of amides is 2. The fourth-order valence-corrected chi connectivity index (χ4v) is 5.56. The van der Waals surface area contributed by atoms with E-state index in [1.54, 1.807) is 31.4 Å². The van der Waals surface area contributed by atoms with Crippen molar-refractivity contribution in [1.82, 2.24) is 4.98 Å². The molecule has 2 heterocycles. The second kappa shape index (κ2) is 11.4. The number of imide groups is 1. The van der Waals surface area contributed by atoms with Gasteiger partial charge < -0.3 is 9.47 Å². The van der Waals surface area contributed by atoms with Gasteiger partial charge in [-0.3, -0.25) is 9.59 Å². The molecular weight excluding hydrogens is 510 g/mol. The van der Waals surface area contributed by atoms with Crippen molar-refractivity contribution in [3.05, 3.63) is 90.5 Å². The zero-order valence-corrected chi connectivity index (χ0v) is 22.3. The lowest BCUT2D eigenvalue weighted by atomic mass is 9.99.